The maximum Gasteiger partial charge on any atom is 0.133 e. The zero-order chi connectivity index (χ0) is 10.2. The van der Waals surface area contributed by atoms with E-state index in [2.05, 4.69) is 38.1 Å². The van der Waals surface area contributed by atoms with Crippen LogP contribution in [0.3, 0.4) is 0 Å². The quantitative estimate of drug-likeness (QED) is 0.662. The number of carbonyl (C=O) groups excluding carboxylic acids is 1. The van der Waals surface area contributed by atoms with Gasteiger partial charge < -0.3 is 0 Å². The third kappa shape index (κ3) is 1.59. The molecule has 1 atom stereocenters. The number of Topliss-reactive ketones (excluding diaryl/α,β-unsaturated/α-hetero) is 1. The van der Waals surface area contributed by atoms with E-state index < -0.39 is 0 Å². The van der Waals surface area contributed by atoms with Crippen molar-refractivity contribution in [2.75, 3.05) is 0 Å². The van der Waals surface area contributed by atoms with Crippen LogP contribution in [0.5, 0.6) is 0 Å². The molecule has 1 aromatic rings. The number of hydrogen-bond donors (Lipinski definition) is 0. The Kier molecular flexibility index (Phi) is 2.18. The van der Waals surface area contributed by atoms with E-state index >= 15 is 0 Å². The Bertz CT molecular complexity index is 350. The Morgan fingerprint density at radius 1 is 1.21 bits per heavy atom. The molecule has 0 unspecified atom stereocenters. The lowest BCUT2D eigenvalue weighted by Crippen LogP contribution is -2.17. The minimum absolute atomic E-state index is 0.102. The van der Waals surface area contributed by atoms with Crippen molar-refractivity contribution < 1.29 is 4.79 Å². The van der Waals surface area contributed by atoms with Gasteiger partial charge in [-0.2, -0.15) is 0 Å². The number of hydrogen-bond acceptors (Lipinski definition) is 1. The number of carbonyl (C=O) groups is 1. The van der Waals surface area contributed by atoms with Crippen molar-refractivity contribution in [3.8, 4) is 0 Å². The molecule has 1 aliphatic rings. The minimum atomic E-state index is 0.102. The van der Waals surface area contributed by atoms with Crippen molar-refractivity contribution in [2.24, 2.45) is 0 Å². The summed E-state index contributed by atoms with van der Waals surface area (Å²) in [6, 6.07) is 8.58. The first-order valence-electron chi connectivity index (χ1n) is 5.19. The highest BCUT2D eigenvalue weighted by atomic mass is 16.1. The van der Waals surface area contributed by atoms with Crippen LogP contribution in [0.4, 0.5) is 0 Å². The van der Waals surface area contributed by atoms with E-state index in [0.717, 1.165) is 19.3 Å². The lowest BCUT2D eigenvalue weighted by molar-refractivity contribution is -0.117. The van der Waals surface area contributed by atoms with Crippen molar-refractivity contribution in [2.45, 2.75) is 38.5 Å². The summed E-state index contributed by atoms with van der Waals surface area (Å²) in [5, 5.41) is 0. The predicted octanol–water partition coefficient (Wildman–Crippen LogP) is 3.01. The predicted molar refractivity (Wildman–Crippen MR) is 57.4 cm³/mol. The second-order valence-corrected chi connectivity index (χ2v) is 4.64. The summed E-state index contributed by atoms with van der Waals surface area (Å²) in [7, 11) is 0. The van der Waals surface area contributed by atoms with Gasteiger partial charge in [-0.1, -0.05) is 36.8 Å². The first-order valence-corrected chi connectivity index (χ1v) is 5.19. The Morgan fingerprint density at radius 3 is 2.36 bits per heavy atom. The van der Waals surface area contributed by atoms with Crippen LogP contribution in [0.15, 0.2) is 24.3 Å². The van der Waals surface area contributed by atoms with Gasteiger partial charge >= 0.3 is 0 Å². The van der Waals surface area contributed by atoms with Crippen LogP contribution < -0.4 is 0 Å². The molecule has 2 rings (SSSR count). The molecule has 1 fully saturated rings. The number of benzene rings is 1. The lowest BCUT2D eigenvalue weighted by Gasteiger charge is -2.23. The van der Waals surface area contributed by atoms with Gasteiger partial charge in [0.1, 0.15) is 5.78 Å². The second-order valence-electron chi connectivity index (χ2n) is 4.64. The fourth-order valence-corrected chi connectivity index (χ4v) is 2.23. The maximum absolute atomic E-state index is 11.3. The molecular weight excluding hydrogens is 172 g/mol. The summed E-state index contributed by atoms with van der Waals surface area (Å²) >= 11 is 0. The number of ketones is 1. The Labute approximate surface area is 85.1 Å². The van der Waals surface area contributed by atoms with Crippen LogP contribution in [-0.2, 0) is 10.2 Å². The Balaban J connectivity index is 2.30. The zero-order valence-electron chi connectivity index (χ0n) is 8.84. The first-order chi connectivity index (χ1) is 6.60. The third-order valence-electron chi connectivity index (χ3n) is 3.29. The molecule has 0 radical (unpaired) electrons. The molecule has 0 N–H and O–H groups in total. The van der Waals surface area contributed by atoms with Crippen LogP contribution in [0.2, 0.25) is 0 Å². The highest BCUT2D eigenvalue weighted by Gasteiger charge is 2.35. The largest absolute Gasteiger partial charge is 0.300 e. The molecule has 14 heavy (non-hydrogen) atoms. The van der Waals surface area contributed by atoms with E-state index in [9.17, 15) is 4.79 Å². The summed E-state index contributed by atoms with van der Waals surface area (Å²) < 4.78 is 0. The molecule has 0 spiro atoms. The molecule has 0 aliphatic heterocycles. The van der Waals surface area contributed by atoms with E-state index in [-0.39, 0.29) is 5.41 Å². The molecule has 0 bridgehead atoms. The summed E-state index contributed by atoms with van der Waals surface area (Å²) in [4.78, 5) is 11.3. The van der Waals surface area contributed by atoms with Gasteiger partial charge in [-0.25, -0.2) is 0 Å². The van der Waals surface area contributed by atoms with Gasteiger partial charge in [-0.3, -0.25) is 4.79 Å². The highest BCUT2D eigenvalue weighted by Crippen LogP contribution is 2.38. The van der Waals surface area contributed by atoms with E-state index in [1.54, 1.807) is 0 Å². The van der Waals surface area contributed by atoms with Crippen molar-refractivity contribution in [3.63, 3.8) is 0 Å². The van der Waals surface area contributed by atoms with E-state index in [1.807, 2.05) is 0 Å². The van der Waals surface area contributed by atoms with Crippen molar-refractivity contribution in [1.82, 2.24) is 0 Å². The van der Waals surface area contributed by atoms with Crippen LogP contribution in [0.25, 0.3) is 0 Å². The molecule has 74 valence electrons. The zero-order valence-corrected chi connectivity index (χ0v) is 8.84. The summed E-state index contributed by atoms with van der Waals surface area (Å²) in [5.74, 6) is 0.410. The fourth-order valence-electron chi connectivity index (χ4n) is 2.23. The van der Waals surface area contributed by atoms with Crippen LogP contribution in [-0.4, -0.2) is 5.78 Å². The van der Waals surface area contributed by atoms with Gasteiger partial charge in [0.2, 0.25) is 0 Å². The Hall–Kier alpha value is -1.11. The molecule has 1 nitrogen and oxygen atoms in total. The second kappa shape index (κ2) is 3.23. The van der Waals surface area contributed by atoms with Crippen molar-refractivity contribution >= 4 is 5.78 Å². The topological polar surface area (TPSA) is 17.1 Å². The van der Waals surface area contributed by atoms with Crippen molar-refractivity contribution in [3.05, 3.63) is 35.4 Å². The summed E-state index contributed by atoms with van der Waals surface area (Å²) in [6.45, 7) is 4.29. The normalized spacial score (nSPS) is 26.9. The van der Waals surface area contributed by atoms with Gasteiger partial charge in [0.05, 0.1) is 0 Å². The SMILES string of the molecule is Cc1ccc([C@]2(C)CCC(=O)C2)cc1. The van der Waals surface area contributed by atoms with Crippen LogP contribution in [0.1, 0.15) is 37.3 Å². The Morgan fingerprint density at radius 2 is 1.86 bits per heavy atom. The molecule has 1 aromatic carbocycles. The third-order valence-corrected chi connectivity index (χ3v) is 3.29. The fraction of sp³-hybridized carbons (Fsp3) is 0.462. The summed E-state index contributed by atoms with van der Waals surface area (Å²) in [5.41, 5.74) is 2.70. The molecular formula is C13H16O. The van der Waals surface area contributed by atoms with Gasteiger partial charge in [0.15, 0.2) is 0 Å². The number of rotatable bonds is 1. The van der Waals surface area contributed by atoms with Gasteiger partial charge in [-0.15, -0.1) is 0 Å². The van der Waals surface area contributed by atoms with Gasteiger partial charge in [0, 0.05) is 12.8 Å². The molecule has 0 saturated heterocycles. The summed E-state index contributed by atoms with van der Waals surface area (Å²) in [6.07, 6.45) is 2.48. The monoisotopic (exact) mass is 188 g/mol. The van der Waals surface area contributed by atoms with E-state index in [0.29, 0.717) is 5.78 Å². The molecule has 1 aliphatic carbocycles. The van der Waals surface area contributed by atoms with E-state index in [1.165, 1.54) is 11.1 Å². The van der Waals surface area contributed by atoms with Gasteiger partial charge in [-0.05, 0) is 24.3 Å². The average molecular weight is 188 g/mol. The van der Waals surface area contributed by atoms with E-state index in [4.69, 9.17) is 0 Å². The van der Waals surface area contributed by atoms with Crippen LogP contribution >= 0.6 is 0 Å². The maximum atomic E-state index is 11.3. The minimum Gasteiger partial charge on any atom is -0.300 e. The van der Waals surface area contributed by atoms with Crippen LogP contribution in [0, 0.1) is 6.92 Å². The highest BCUT2D eigenvalue weighted by molar-refractivity contribution is 5.82. The molecule has 1 saturated carbocycles. The smallest absolute Gasteiger partial charge is 0.133 e. The average Bonchev–Trinajstić information content (AvgIpc) is 2.48. The molecule has 0 aromatic heterocycles. The lowest BCUT2D eigenvalue weighted by atomic mass is 9.81. The van der Waals surface area contributed by atoms with Gasteiger partial charge in [0.25, 0.3) is 0 Å². The molecule has 1 heteroatoms. The number of aryl methyl sites for hydroxylation is 1. The van der Waals surface area contributed by atoms with Crippen molar-refractivity contribution in [1.29, 1.82) is 0 Å². The molecule has 0 heterocycles. The standard InChI is InChI=1S/C13H16O/c1-10-3-5-11(6-4-10)13(2)8-7-12(14)9-13/h3-6H,7-9H2,1-2H3/t13-/m1/s1. The first kappa shape index (κ1) is 9.45. The molecule has 0 amide bonds.